The van der Waals surface area contributed by atoms with E-state index in [9.17, 15) is 4.79 Å². The van der Waals surface area contributed by atoms with Gasteiger partial charge in [0.1, 0.15) is 5.78 Å². The smallest absolute Gasteiger partial charge is 0.135 e. The first kappa shape index (κ1) is 12.4. The van der Waals surface area contributed by atoms with Crippen molar-refractivity contribution < 1.29 is 4.79 Å². The maximum atomic E-state index is 10.5. The standard InChI is InChI=1S/C7H8OS.C6H12/c1-6(8)5-7-3-2-4-9-7;1-2-4-6-5-3-1/h2-4H,5H2,1H3;1-6H2. The molecule has 0 N–H and O–H groups in total. The molecule has 0 radical (unpaired) electrons. The van der Waals surface area contributed by atoms with Crippen molar-refractivity contribution in [2.75, 3.05) is 0 Å². The first-order chi connectivity index (χ1) is 7.29. The molecule has 0 atom stereocenters. The van der Waals surface area contributed by atoms with E-state index in [0.717, 1.165) is 4.88 Å². The fourth-order valence-electron chi connectivity index (χ4n) is 1.72. The second kappa shape index (κ2) is 7.63. The van der Waals surface area contributed by atoms with Crippen molar-refractivity contribution in [2.45, 2.75) is 51.9 Å². The van der Waals surface area contributed by atoms with Gasteiger partial charge in [0, 0.05) is 11.3 Å². The van der Waals surface area contributed by atoms with Crippen LogP contribution < -0.4 is 0 Å². The molecule has 1 heterocycles. The largest absolute Gasteiger partial charge is 0.300 e. The molecule has 15 heavy (non-hydrogen) atoms. The number of hydrogen-bond acceptors (Lipinski definition) is 2. The number of hydrogen-bond donors (Lipinski definition) is 0. The summed E-state index contributed by atoms with van der Waals surface area (Å²) >= 11 is 1.63. The van der Waals surface area contributed by atoms with Crippen molar-refractivity contribution in [1.29, 1.82) is 0 Å². The lowest BCUT2D eigenvalue weighted by molar-refractivity contribution is -0.116. The van der Waals surface area contributed by atoms with Gasteiger partial charge >= 0.3 is 0 Å². The molecule has 0 amide bonds. The third kappa shape index (κ3) is 6.45. The number of rotatable bonds is 2. The van der Waals surface area contributed by atoms with Gasteiger partial charge in [0.15, 0.2) is 0 Å². The lowest BCUT2D eigenvalue weighted by atomic mass is 10.0. The SMILES string of the molecule is C1CCCCC1.CC(=O)Cc1cccs1. The zero-order valence-electron chi connectivity index (χ0n) is 9.50. The van der Waals surface area contributed by atoms with Gasteiger partial charge in [-0.15, -0.1) is 11.3 Å². The van der Waals surface area contributed by atoms with E-state index in [0.29, 0.717) is 6.42 Å². The quantitative estimate of drug-likeness (QED) is 0.735. The molecule has 1 aromatic heterocycles. The summed E-state index contributed by atoms with van der Waals surface area (Å²) in [4.78, 5) is 11.7. The number of ketones is 1. The first-order valence-corrected chi connectivity index (χ1v) is 6.69. The summed E-state index contributed by atoms with van der Waals surface area (Å²) < 4.78 is 0. The average Bonchev–Trinajstić information content (AvgIpc) is 2.73. The molecule has 2 heteroatoms. The van der Waals surface area contributed by atoms with Crippen molar-refractivity contribution in [2.24, 2.45) is 0 Å². The molecule has 1 fully saturated rings. The molecule has 0 spiro atoms. The summed E-state index contributed by atoms with van der Waals surface area (Å²) in [5, 5.41) is 1.98. The molecular weight excluding hydrogens is 204 g/mol. The predicted molar refractivity (Wildman–Crippen MR) is 66.4 cm³/mol. The molecule has 1 saturated carbocycles. The fraction of sp³-hybridized carbons (Fsp3) is 0.615. The molecule has 84 valence electrons. The van der Waals surface area contributed by atoms with Crippen LogP contribution in [0.25, 0.3) is 0 Å². The zero-order valence-corrected chi connectivity index (χ0v) is 10.3. The molecule has 1 nitrogen and oxygen atoms in total. The Kier molecular flexibility index (Phi) is 6.33. The van der Waals surface area contributed by atoms with Crippen molar-refractivity contribution in [1.82, 2.24) is 0 Å². The Balaban J connectivity index is 0.000000162. The molecule has 2 rings (SSSR count). The highest BCUT2D eigenvalue weighted by Gasteiger charge is 1.96. The van der Waals surface area contributed by atoms with Gasteiger partial charge in [0.25, 0.3) is 0 Å². The van der Waals surface area contributed by atoms with Gasteiger partial charge in [-0.3, -0.25) is 4.79 Å². The van der Waals surface area contributed by atoms with E-state index in [1.54, 1.807) is 18.3 Å². The summed E-state index contributed by atoms with van der Waals surface area (Å²) in [7, 11) is 0. The van der Waals surface area contributed by atoms with Crippen LogP contribution in [0.4, 0.5) is 0 Å². The number of carbonyl (C=O) groups is 1. The van der Waals surface area contributed by atoms with Crippen LogP contribution in [0.2, 0.25) is 0 Å². The minimum absolute atomic E-state index is 0.234. The zero-order chi connectivity index (χ0) is 10.9. The molecule has 0 saturated heterocycles. The van der Waals surface area contributed by atoms with E-state index in [4.69, 9.17) is 0 Å². The van der Waals surface area contributed by atoms with Gasteiger partial charge in [-0.25, -0.2) is 0 Å². The Morgan fingerprint density at radius 1 is 1.20 bits per heavy atom. The molecule has 0 aromatic carbocycles. The molecule has 0 aliphatic heterocycles. The highest BCUT2D eigenvalue weighted by molar-refractivity contribution is 7.10. The highest BCUT2D eigenvalue weighted by Crippen LogP contribution is 2.15. The molecule has 0 unspecified atom stereocenters. The van der Waals surface area contributed by atoms with Crippen molar-refractivity contribution in [3.05, 3.63) is 22.4 Å². The minimum atomic E-state index is 0.234. The lowest BCUT2D eigenvalue weighted by Crippen LogP contribution is -1.92. The Morgan fingerprint density at radius 3 is 2.07 bits per heavy atom. The first-order valence-electron chi connectivity index (χ1n) is 5.81. The Morgan fingerprint density at radius 2 is 1.73 bits per heavy atom. The van der Waals surface area contributed by atoms with Crippen LogP contribution in [-0.4, -0.2) is 5.78 Å². The third-order valence-electron chi connectivity index (χ3n) is 2.50. The normalized spacial score (nSPS) is 15.3. The summed E-state index contributed by atoms with van der Waals surface area (Å²) in [6.07, 6.45) is 9.59. The topological polar surface area (TPSA) is 17.1 Å². The van der Waals surface area contributed by atoms with Gasteiger partial charge in [-0.1, -0.05) is 44.6 Å². The van der Waals surface area contributed by atoms with E-state index < -0.39 is 0 Å². The van der Waals surface area contributed by atoms with Gasteiger partial charge < -0.3 is 0 Å². The summed E-state index contributed by atoms with van der Waals surface area (Å²) in [6, 6.07) is 3.94. The van der Waals surface area contributed by atoms with Crippen LogP contribution in [0.3, 0.4) is 0 Å². The van der Waals surface area contributed by atoms with Crippen LogP contribution in [0.15, 0.2) is 17.5 Å². The van der Waals surface area contributed by atoms with Gasteiger partial charge in [-0.2, -0.15) is 0 Å². The minimum Gasteiger partial charge on any atom is -0.300 e. The van der Waals surface area contributed by atoms with Crippen LogP contribution in [0, 0.1) is 0 Å². The maximum Gasteiger partial charge on any atom is 0.135 e. The molecular formula is C13H20OS. The number of carbonyl (C=O) groups excluding carboxylic acids is 1. The van der Waals surface area contributed by atoms with Crippen LogP contribution in [0.1, 0.15) is 50.3 Å². The average molecular weight is 224 g/mol. The van der Waals surface area contributed by atoms with Gasteiger partial charge in [-0.05, 0) is 18.4 Å². The van der Waals surface area contributed by atoms with E-state index >= 15 is 0 Å². The van der Waals surface area contributed by atoms with Crippen LogP contribution >= 0.6 is 11.3 Å². The second-order valence-corrected chi connectivity index (χ2v) is 5.11. The molecule has 0 bridgehead atoms. The lowest BCUT2D eigenvalue weighted by Gasteiger charge is -2.05. The van der Waals surface area contributed by atoms with E-state index in [-0.39, 0.29) is 5.78 Å². The van der Waals surface area contributed by atoms with Crippen molar-refractivity contribution in [3.63, 3.8) is 0 Å². The van der Waals surface area contributed by atoms with E-state index in [1.807, 2.05) is 17.5 Å². The van der Waals surface area contributed by atoms with E-state index in [2.05, 4.69) is 0 Å². The highest BCUT2D eigenvalue weighted by atomic mass is 32.1. The van der Waals surface area contributed by atoms with Gasteiger partial charge in [0.2, 0.25) is 0 Å². The predicted octanol–water partition coefficient (Wildman–Crippen LogP) is 4.22. The third-order valence-corrected chi connectivity index (χ3v) is 3.38. The molecule has 1 aliphatic carbocycles. The Labute approximate surface area is 96.5 Å². The summed E-state index contributed by atoms with van der Waals surface area (Å²) in [5.74, 6) is 0.234. The summed E-state index contributed by atoms with van der Waals surface area (Å²) in [5.41, 5.74) is 0. The fourth-order valence-corrected chi connectivity index (χ4v) is 2.49. The van der Waals surface area contributed by atoms with Crippen molar-refractivity contribution in [3.8, 4) is 0 Å². The summed E-state index contributed by atoms with van der Waals surface area (Å²) in [6.45, 7) is 1.61. The van der Waals surface area contributed by atoms with Crippen LogP contribution in [-0.2, 0) is 11.2 Å². The Hall–Kier alpha value is -0.630. The van der Waals surface area contributed by atoms with E-state index in [1.165, 1.54) is 38.5 Å². The maximum absolute atomic E-state index is 10.5. The monoisotopic (exact) mass is 224 g/mol. The molecule has 1 aliphatic rings. The second-order valence-electron chi connectivity index (χ2n) is 4.08. The Bertz CT molecular complexity index is 249. The number of Topliss-reactive ketones (excluding diaryl/α,β-unsaturated/α-hetero) is 1. The number of thiophene rings is 1. The van der Waals surface area contributed by atoms with Gasteiger partial charge in [0.05, 0.1) is 0 Å². The van der Waals surface area contributed by atoms with Crippen LogP contribution in [0.5, 0.6) is 0 Å². The van der Waals surface area contributed by atoms with Crippen molar-refractivity contribution >= 4 is 17.1 Å². The molecule has 1 aromatic rings.